The van der Waals surface area contributed by atoms with Gasteiger partial charge in [0.15, 0.2) is 20.5 Å². The fraction of sp³-hybridized carbons (Fsp3) is 0.500. The zero-order chi connectivity index (χ0) is 15.5. The molecule has 0 N–H and O–H groups in total. The minimum Gasteiger partial charge on any atom is -0.494 e. The second kappa shape index (κ2) is 6.23. The summed E-state index contributed by atoms with van der Waals surface area (Å²) in [5.41, 5.74) is -0.134. The van der Waals surface area contributed by atoms with Crippen LogP contribution in [-0.2, 0) is 20.4 Å². The maximum Gasteiger partial charge on any atom is 0.199 e. The predicted molar refractivity (Wildman–Crippen MR) is 82.5 cm³/mol. The van der Waals surface area contributed by atoms with E-state index in [0.29, 0.717) is 17.9 Å². The summed E-state index contributed by atoms with van der Waals surface area (Å²) in [4.78, 5) is 5.15. The van der Waals surface area contributed by atoms with E-state index in [2.05, 4.69) is 5.16 Å². The van der Waals surface area contributed by atoms with Crippen molar-refractivity contribution in [1.82, 2.24) is 0 Å². The topological polar surface area (TPSA) is 65.0 Å². The summed E-state index contributed by atoms with van der Waals surface area (Å²) in [7, 11) is -3.55. The number of sulfone groups is 1. The molecular weight excluding hydrogens is 314 g/mol. The van der Waals surface area contributed by atoms with Gasteiger partial charge in [-0.2, -0.15) is 0 Å². The number of rotatable bonds is 5. The van der Waals surface area contributed by atoms with Crippen LogP contribution in [0.3, 0.4) is 0 Å². The van der Waals surface area contributed by atoms with Crippen molar-refractivity contribution in [2.24, 2.45) is 5.16 Å². The molecular formula is C14H18ClNO4S. The predicted octanol–water partition coefficient (Wildman–Crippen LogP) is 2.73. The monoisotopic (exact) mass is 331 g/mol. The standard InChI is InChI=1S/C14H18ClNO4S/c1-3-19-12-7-5-4-6-11(12)9-21(17,18)13-8-14(2,10-15)20-16-13/h4-7H,3,8-10H2,1-2H3. The summed E-state index contributed by atoms with van der Waals surface area (Å²) in [5, 5.41) is 3.75. The summed E-state index contributed by atoms with van der Waals surface area (Å²) in [6.45, 7) is 4.07. The maximum atomic E-state index is 12.5. The number of nitrogens with zero attached hydrogens (tertiary/aromatic N) is 1. The van der Waals surface area contributed by atoms with Crippen molar-refractivity contribution in [2.45, 2.75) is 31.6 Å². The normalized spacial score (nSPS) is 21.8. The molecule has 0 bridgehead atoms. The molecule has 0 radical (unpaired) electrons. The van der Waals surface area contributed by atoms with Crippen LogP contribution < -0.4 is 4.74 Å². The third kappa shape index (κ3) is 3.68. The first-order valence-electron chi connectivity index (χ1n) is 6.65. The Morgan fingerprint density at radius 1 is 1.43 bits per heavy atom. The van der Waals surface area contributed by atoms with Gasteiger partial charge in [-0.05, 0) is 19.9 Å². The molecule has 2 rings (SSSR count). The van der Waals surface area contributed by atoms with Gasteiger partial charge in [-0.1, -0.05) is 23.4 Å². The number of hydrogen-bond donors (Lipinski definition) is 0. The third-order valence-corrected chi connectivity index (χ3v) is 5.35. The average Bonchev–Trinajstić information content (AvgIpc) is 2.85. The van der Waals surface area contributed by atoms with Crippen molar-refractivity contribution in [3.05, 3.63) is 29.8 Å². The highest BCUT2D eigenvalue weighted by atomic mass is 35.5. The Morgan fingerprint density at radius 3 is 2.76 bits per heavy atom. The second-order valence-corrected chi connectivity index (χ2v) is 7.39. The smallest absolute Gasteiger partial charge is 0.199 e. The van der Waals surface area contributed by atoms with Crippen LogP contribution in [0, 0.1) is 0 Å². The third-order valence-electron chi connectivity index (χ3n) is 3.15. The van der Waals surface area contributed by atoms with Crippen molar-refractivity contribution in [3.8, 4) is 5.75 Å². The zero-order valence-electron chi connectivity index (χ0n) is 12.0. The second-order valence-electron chi connectivity index (χ2n) is 5.14. The van der Waals surface area contributed by atoms with E-state index in [-0.39, 0.29) is 23.1 Å². The van der Waals surface area contributed by atoms with Crippen molar-refractivity contribution in [1.29, 1.82) is 0 Å². The lowest BCUT2D eigenvalue weighted by Crippen LogP contribution is -2.28. The Morgan fingerprint density at radius 2 is 2.14 bits per heavy atom. The lowest BCUT2D eigenvalue weighted by Gasteiger charge is -2.16. The first-order chi connectivity index (χ1) is 9.90. The molecule has 1 unspecified atom stereocenters. The van der Waals surface area contributed by atoms with Gasteiger partial charge in [0.1, 0.15) is 5.75 Å². The van der Waals surface area contributed by atoms with Crippen LogP contribution in [0.15, 0.2) is 29.4 Å². The minimum atomic E-state index is -3.55. The molecule has 0 spiro atoms. The Kier molecular flexibility index (Phi) is 4.78. The summed E-state index contributed by atoms with van der Waals surface area (Å²) < 4.78 is 30.4. The number of oxime groups is 1. The van der Waals surface area contributed by atoms with Gasteiger partial charge in [-0.3, -0.25) is 0 Å². The molecule has 1 aliphatic rings. The number of hydrogen-bond acceptors (Lipinski definition) is 5. The van der Waals surface area contributed by atoms with E-state index in [4.69, 9.17) is 21.2 Å². The number of alkyl halides is 1. The number of benzene rings is 1. The minimum absolute atomic E-state index is 0.0388. The van der Waals surface area contributed by atoms with Crippen LogP contribution in [0.25, 0.3) is 0 Å². The summed E-state index contributed by atoms with van der Waals surface area (Å²) >= 11 is 5.78. The molecule has 0 aromatic heterocycles. The van der Waals surface area contributed by atoms with Gasteiger partial charge in [0.25, 0.3) is 0 Å². The molecule has 0 saturated carbocycles. The van der Waals surface area contributed by atoms with Gasteiger partial charge in [0.2, 0.25) is 0 Å². The first kappa shape index (κ1) is 16.1. The van der Waals surface area contributed by atoms with Crippen LogP contribution in [0.5, 0.6) is 5.75 Å². The molecule has 0 saturated heterocycles. The Hall–Kier alpha value is -1.27. The van der Waals surface area contributed by atoms with Crippen LogP contribution in [-0.4, -0.2) is 31.5 Å². The molecule has 7 heteroatoms. The molecule has 1 atom stereocenters. The quantitative estimate of drug-likeness (QED) is 0.778. The molecule has 21 heavy (non-hydrogen) atoms. The highest BCUT2D eigenvalue weighted by Gasteiger charge is 2.39. The van der Waals surface area contributed by atoms with E-state index in [0.717, 1.165) is 0 Å². The Balaban J connectivity index is 2.20. The van der Waals surface area contributed by atoms with Crippen molar-refractivity contribution in [3.63, 3.8) is 0 Å². The maximum absolute atomic E-state index is 12.5. The van der Waals surface area contributed by atoms with Gasteiger partial charge in [-0.15, -0.1) is 11.6 Å². The van der Waals surface area contributed by atoms with Crippen LogP contribution in [0.1, 0.15) is 25.8 Å². The van der Waals surface area contributed by atoms with E-state index < -0.39 is 15.4 Å². The van der Waals surface area contributed by atoms with Crippen molar-refractivity contribution in [2.75, 3.05) is 12.5 Å². The van der Waals surface area contributed by atoms with Gasteiger partial charge in [0.05, 0.1) is 18.2 Å². The highest BCUT2D eigenvalue weighted by Crippen LogP contribution is 2.29. The molecule has 0 aliphatic carbocycles. The first-order valence-corrected chi connectivity index (χ1v) is 8.83. The fourth-order valence-corrected chi connectivity index (χ4v) is 3.63. The molecule has 0 amide bonds. The zero-order valence-corrected chi connectivity index (χ0v) is 13.6. The number of para-hydroxylation sites is 1. The highest BCUT2D eigenvalue weighted by molar-refractivity contribution is 8.05. The van der Waals surface area contributed by atoms with Gasteiger partial charge < -0.3 is 9.57 Å². The molecule has 1 heterocycles. The van der Waals surface area contributed by atoms with E-state index in [1.807, 2.05) is 13.0 Å². The fourth-order valence-electron chi connectivity index (χ4n) is 1.99. The van der Waals surface area contributed by atoms with Gasteiger partial charge >= 0.3 is 0 Å². The van der Waals surface area contributed by atoms with Crippen LogP contribution in [0.4, 0.5) is 0 Å². The average molecular weight is 332 g/mol. The summed E-state index contributed by atoms with van der Waals surface area (Å²) in [6.07, 6.45) is 0.190. The van der Waals surface area contributed by atoms with E-state index in [1.54, 1.807) is 25.1 Å². The van der Waals surface area contributed by atoms with Crippen molar-refractivity contribution >= 4 is 26.5 Å². The molecule has 0 fully saturated rings. The lowest BCUT2D eigenvalue weighted by molar-refractivity contribution is 0.0152. The molecule has 116 valence electrons. The largest absolute Gasteiger partial charge is 0.494 e. The molecule has 5 nitrogen and oxygen atoms in total. The molecule has 1 aliphatic heterocycles. The Bertz CT molecular complexity index is 644. The van der Waals surface area contributed by atoms with Crippen LogP contribution in [0.2, 0.25) is 0 Å². The lowest BCUT2D eigenvalue weighted by atomic mass is 10.1. The number of ether oxygens (including phenoxy) is 1. The van der Waals surface area contributed by atoms with Gasteiger partial charge in [-0.25, -0.2) is 8.42 Å². The molecule has 1 aromatic rings. The van der Waals surface area contributed by atoms with Gasteiger partial charge in [0, 0.05) is 12.0 Å². The molecule has 1 aromatic carbocycles. The van der Waals surface area contributed by atoms with Crippen LogP contribution >= 0.6 is 11.6 Å². The Labute approximate surface area is 129 Å². The number of halogens is 1. The van der Waals surface area contributed by atoms with E-state index in [1.165, 1.54) is 0 Å². The van der Waals surface area contributed by atoms with E-state index in [9.17, 15) is 8.42 Å². The SMILES string of the molecule is CCOc1ccccc1CS(=O)(=O)C1=NOC(C)(CCl)C1. The summed E-state index contributed by atoms with van der Waals surface area (Å²) in [5.74, 6) is 0.595. The van der Waals surface area contributed by atoms with Crippen molar-refractivity contribution < 1.29 is 18.0 Å². The summed E-state index contributed by atoms with van der Waals surface area (Å²) in [6, 6.07) is 7.08. The van der Waals surface area contributed by atoms with E-state index >= 15 is 0 Å².